The summed E-state index contributed by atoms with van der Waals surface area (Å²) >= 11 is 6.00. The van der Waals surface area contributed by atoms with Gasteiger partial charge in [0.15, 0.2) is 0 Å². The maximum atomic E-state index is 12.4. The van der Waals surface area contributed by atoms with E-state index in [1.165, 1.54) is 7.11 Å². The third-order valence-corrected chi connectivity index (χ3v) is 5.30. The van der Waals surface area contributed by atoms with Crippen LogP contribution in [0.25, 0.3) is 0 Å². The van der Waals surface area contributed by atoms with Gasteiger partial charge in [-0.15, -0.1) is 0 Å². The van der Waals surface area contributed by atoms with Gasteiger partial charge in [-0.05, 0) is 35.6 Å². The molecule has 0 aromatic carbocycles. The second-order valence-electron chi connectivity index (χ2n) is 5.83. The Kier molecular flexibility index (Phi) is 5.31. The summed E-state index contributed by atoms with van der Waals surface area (Å²) in [4.78, 5) is 11.7. The van der Waals surface area contributed by atoms with Gasteiger partial charge in [0.2, 0.25) is 0 Å². The number of hydrogen-bond donors (Lipinski definition) is 1. The van der Waals surface area contributed by atoms with E-state index in [4.69, 9.17) is 20.5 Å². The van der Waals surface area contributed by atoms with E-state index in [1.54, 1.807) is 0 Å². The van der Waals surface area contributed by atoms with Gasteiger partial charge in [0.25, 0.3) is 0 Å². The number of carbonyl (C=O) groups excluding carboxylic acids is 1. The first-order valence-corrected chi connectivity index (χ1v) is 9.56. The highest BCUT2D eigenvalue weighted by atomic mass is 35.7. The van der Waals surface area contributed by atoms with Crippen molar-refractivity contribution in [2.24, 2.45) is 11.8 Å². The zero-order chi connectivity index (χ0) is 15.6. The van der Waals surface area contributed by atoms with E-state index in [0.29, 0.717) is 6.42 Å². The number of hydrogen-bond acceptors (Lipinski definition) is 4. The van der Waals surface area contributed by atoms with Gasteiger partial charge in [-0.3, -0.25) is 13.9 Å². The molecule has 0 saturated heterocycles. The minimum atomic E-state index is -3.60. The third kappa shape index (κ3) is 4.19. The highest BCUT2D eigenvalue weighted by molar-refractivity contribution is 7.83. The molecule has 0 amide bonds. The fraction of sp³-hybridized carbons (Fsp3) is 0.643. The van der Waals surface area contributed by atoms with Crippen molar-refractivity contribution in [1.82, 2.24) is 5.09 Å². The Morgan fingerprint density at radius 1 is 1.57 bits per heavy atom. The molecule has 0 spiro atoms. The first-order valence-electron chi connectivity index (χ1n) is 7.03. The summed E-state index contributed by atoms with van der Waals surface area (Å²) in [5, 5.41) is 2.64. The lowest BCUT2D eigenvalue weighted by molar-refractivity contribution is -0.143. The molecular weight excluding hydrogens is 313 g/mol. The lowest BCUT2D eigenvalue weighted by Gasteiger charge is -2.40. The van der Waals surface area contributed by atoms with Crippen LogP contribution in [0.4, 0.5) is 0 Å². The summed E-state index contributed by atoms with van der Waals surface area (Å²) in [7, 11) is 1.29. The number of carbonyl (C=O) groups is 1. The zero-order valence-electron chi connectivity index (χ0n) is 12.4. The summed E-state index contributed by atoms with van der Waals surface area (Å²) < 4.78 is 22.7. The normalized spacial score (nSPS) is 27.6. The van der Waals surface area contributed by atoms with Crippen molar-refractivity contribution in [2.75, 3.05) is 7.11 Å². The van der Waals surface area contributed by atoms with Gasteiger partial charge >= 0.3 is 12.8 Å². The van der Waals surface area contributed by atoms with Crippen molar-refractivity contribution in [3.63, 3.8) is 0 Å². The van der Waals surface area contributed by atoms with E-state index in [2.05, 4.69) is 5.09 Å². The van der Waals surface area contributed by atoms with Gasteiger partial charge < -0.3 is 4.74 Å². The fourth-order valence-corrected chi connectivity index (χ4v) is 4.43. The summed E-state index contributed by atoms with van der Waals surface area (Å²) in [6.45, 7) is 0.323. The van der Waals surface area contributed by atoms with E-state index in [-0.39, 0.29) is 17.9 Å². The third-order valence-electron chi connectivity index (χ3n) is 3.65. The van der Waals surface area contributed by atoms with E-state index < -0.39 is 18.9 Å². The minimum Gasteiger partial charge on any atom is -0.468 e. The van der Waals surface area contributed by atoms with Crippen LogP contribution in [0.5, 0.6) is 0 Å². The Labute approximate surface area is 130 Å². The topological polar surface area (TPSA) is 64.6 Å². The lowest BCUT2D eigenvalue weighted by Crippen LogP contribution is -2.40. The molecule has 118 valence electrons. The van der Waals surface area contributed by atoms with Gasteiger partial charge in [-0.1, -0.05) is 32.1 Å². The molecule has 0 aromatic rings. The molecule has 3 rings (SSSR count). The quantitative estimate of drug-likeness (QED) is 0.571. The Morgan fingerprint density at radius 3 is 2.76 bits per heavy atom. The molecule has 3 aliphatic rings. The molecule has 1 fully saturated rings. The van der Waals surface area contributed by atoms with E-state index >= 15 is 0 Å². The van der Waals surface area contributed by atoms with Crippen molar-refractivity contribution < 1.29 is 18.6 Å². The number of halogens is 1. The minimum absolute atomic E-state index is 0.223. The number of esters is 1. The molecule has 0 aromatic heterocycles. The summed E-state index contributed by atoms with van der Waals surface area (Å²) in [6, 6.07) is -0.734. The monoisotopic (exact) mass is 333 g/mol. The van der Waals surface area contributed by atoms with Crippen LogP contribution in [0.15, 0.2) is 23.8 Å². The number of allylic oxidation sites excluding steroid dienone is 2. The fourth-order valence-electron chi connectivity index (χ4n) is 2.59. The molecule has 7 heteroatoms. The molecule has 0 heterocycles. The summed E-state index contributed by atoms with van der Waals surface area (Å²) in [5.74, 6) is -0.0337. The lowest BCUT2D eigenvalue weighted by atomic mass is 9.73. The first-order chi connectivity index (χ1) is 9.82. The number of methoxy groups -OCH3 is 1. The van der Waals surface area contributed by atoms with Crippen LogP contribution in [0.2, 0.25) is 0 Å². The van der Waals surface area contributed by atoms with E-state index in [0.717, 1.165) is 12.0 Å². The zero-order valence-corrected chi connectivity index (χ0v) is 14.1. The summed E-state index contributed by atoms with van der Waals surface area (Å²) in [5.41, 5.74) is 1.09. The maximum Gasteiger partial charge on any atom is 0.361 e. The predicted octanol–water partition coefficient (Wildman–Crippen LogP) is 3.41. The molecule has 0 aliphatic heterocycles. The Hall–Kier alpha value is -0.610. The molecule has 1 saturated carbocycles. The molecular formula is C14H21ClNO4P. The van der Waals surface area contributed by atoms with Crippen molar-refractivity contribution in [3.05, 3.63) is 23.8 Å². The number of rotatable bonds is 7. The Bertz CT molecular complexity index is 517. The second kappa shape index (κ2) is 6.66. The molecule has 1 N–H and O–H groups in total. The van der Waals surface area contributed by atoms with Crippen molar-refractivity contribution in [1.29, 1.82) is 0 Å². The largest absolute Gasteiger partial charge is 0.468 e. The average molecular weight is 334 g/mol. The van der Waals surface area contributed by atoms with Crippen molar-refractivity contribution in [2.45, 2.75) is 38.8 Å². The number of fused-ring (bicyclic) bond motifs is 1. The van der Waals surface area contributed by atoms with Gasteiger partial charge in [0.05, 0.1) is 13.2 Å². The van der Waals surface area contributed by atoms with Crippen LogP contribution in [0.3, 0.4) is 0 Å². The molecule has 5 nitrogen and oxygen atoms in total. The van der Waals surface area contributed by atoms with E-state index in [9.17, 15) is 9.36 Å². The first kappa shape index (κ1) is 16.8. The molecule has 4 atom stereocenters. The average Bonchev–Trinajstić information content (AvgIpc) is 2.43. The molecule has 3 aliphatic carbocycles. The highest BCUT2D eigenvalue weighted by Crippen LogP contribution is 2.55. The van der Waals surface area contributed by atoms with Crippen LogP contribution in [-0.2, 0) is 18.6 Å². The number of nitrogens with one attached hydrogen (secondary N) is 1. The van der Waals surface area contributed by atoms with Crippen molar-refractivity contribution >= 4 is 24.1 Å². The Balaban J connectivity index is 1.98. The van der Waals surface area contributed by atoms with Gasteiger partial charge in [-0.2, -0.15) is 0 Å². The summed E-state index contributed by atoms with van der Waals surface area (Å²) in [6.07, 6.45) is 7.08. The van der Waals surface area contributed by atoms with Crippen LogP contribution in [0, 0.1) is 11.8 Å². The van der Waals surface area contributed by atoms with Crippen LogP contribution in [-0.4, -0.2) is 25.2 Å². The highest BCUT2D eigenvalue weighted by Gasteiger charge is 2.42. The van der Waals surface area contributed by atoms with Crippen LogP contribution >= 0.6 is 18.1 Å². The smallest absolute Gasteiger partial charge is 0.361 e. The number of ether oxygens (including phenoxy) is 1. The second-order valence-corrected chi connectivity index (χ2v) is 8.60. The van der Waals surface area contributed by atoms with Crippen LogP contribution < -0.4 is 5.09 Å². The van der Waals surface area contributed by atoms with Gasteiger partial charge in [-0.25, -0.2) is 5.09 Å². The van der Waals surface area contributed by atoms with E-state index in [1.807, 2.05) is 32.1 Å². The molecule has 21 heavy (non-hydrogen) atoms. The maximum absolute atomic E-state index is 12.4. The standard InChI is InChI=1S/C14H21ClNO4P/c1-9(2)7-12(14(17)19-3)16-21(15,18)20-13-10-5-4-6-11(13)8-10/h4-6,9-10,12-13H,7-8H2,1-3H3,(H,16,18)/t10?,12-,13?,21?/m0/s1. The molecule has 0 radical (unpaired) electrons. The van der Waals surface area contributed by atoms with Crippen LogP contribution in [0.1, 0.15) is 26.7 Å². The Morgan fingerprint density at radius 2 is 2.29 bits per heavy atom. The van der Waals surface area contributed by atoms with Gasteiger partial charge in [0.1, 0.15) is 6.04 Å². The van der Waals surface area contributed by atoms with Gasteiger partial charge in [0, 0.05) is 5.92 Å². The van der Waals surface area contributed by atoms with Crippen molar-refractivity contribution in [3.8, 4) is 0 Å². The molecule has 2 bridgehead atoms. The SMILES string of the molecule is COC(=O)[C@H](CC(C)C)NP(=O)(Cl)OC1C2=CC=CC1C2. The molecule has 3 unspecified atom stereocenters. The predicted molar refractivity (Wildman–Crippen MR) is 82.1 cm³/mol.